The first-order chi connectivity index (χ1) is 2.27. The van der Waals surface area contributed by atoms with Crippen LogP contribution in [0, 0.1) is 0 Å². The van der Waals surface area contributed by atoms with Crippen molar-refractivity contribution in [3.05, 3.63) is 0 Å². The van der Waals surface area contributed by atoms with Crippen LogP contribution < -0.4 is 0 Å². The molecule has 0 spiro atoms. The largest absolute Gasteiger partial charge is 0.507 e. The summed E-state index contributed by atoms with van der Waals surface area (Å²) in [5.74, 6) is 0. The molecular weight excluding hydrogens is 95.1 g/mol. The van der Waals surface area contributed by atoms with Crippen LogP contribution in [-0.4, -0.2) is 6.22 Å². The SMILES string of the molecule is O=C(F)OS. The highest BCUT2D eigenvalue weighted by molar-refractivity contribution is 7.75. The summed E-state index contributed by atoms with van der Waals surface area (Å²) in [5, 5.41) is 0. The zero-order chi connectivity index (χ0) is 4.28. The maximum Gasteiger partial charge on any atom is 0.507 e. The average Bonchev–Trinajstić information content (AvgIpc) is 1.38. The Hall–Kier alpha value is -0.250. The molecule has 0 rings (SSSR count). The molecule has 30 valence electrons. The number of carbonyl (C=O) groups is 1. The van der Waals surface area contributed by atoms with Gasteiger partial charge in [-0.3, -0.25) is 0 Å². The van der Waals surface area contributed by atoms with Crippen molar-refractivity contribution in [1.29, 1.82) is 0 Å². The third kappa shape index (κ3) is 3.75. The van der Waals surface area contributed by atoms with Gasteiger partial charge in [-0.25, -0.2) is 4.79 Å². The molecule has 0 saturated carbocycles. The van der Waals surface area contributed by atoms with E-state index >= 15 is 0 Å². The highest BCUT2D eigenvalue weighted by atomic mass is 32.1. The van der Waals surface area contributed by atoms with Crippen LogP contribution in [0.25, 0.3) is 0 Å². The van der Waals surface area contributed by atoms with E-state index < -0.39 is 6.22 Å². The summed E-state index contributed by atoms with van der Waals surface area (Å²) in [6, 6.07) is 0. The van der Waals surface area contributed by atoms with Crippen LogP contribution in [0.1, 0.15) is 0 Å². The molecule has 0 N–H and O–H groups in total. The van der Waals surface area contributed by atoms with E-state index in [9.17, 15) is 4.39 Å². The van der Waals surface area contributed by atoms with E-state index in [-0.39, 0.29) is 0 Å². The van der Waals surface area contributed by atoms with Gasteiger partial charge in [-0.1, -0.05) is 0 Å². The van der Waals surface area contributed by atoms with Gasteiger partial charge in [0.2, 0.25) is 0 Å². The van der Waals surface area contributed by atoms with Crippen LogP contribution in [0.15, 0.2) is 0 Å². The second-order valence-electron chi connectivity index (χ2n) is 0.329. The van der Waals surface area contributed by atoms with Crippen molar-refractivity contribution < 1.29 is 13.4 Å². The van der Waals surface area contributed by atoms with Gasteiger partial charge in [0.15, 0.2) is 0 Å². The number of thiol groups is 1. The Morgan fingerprint density at radius 1 is 2.00 bits per heavy atom. The lowest BCUT2D eigenvalue weighted by atomic mass is 11.5. The van der Waals surface area contributed by atoms with Crippen molar-refractivity contribution in [3.8, 4) is 0 Å². The predicted octanol–water partition coefficient (Wildman–Crippen LogP) is 0.937. The fourth-order valence-electron chi connectivity index (χ4n) is 0. The van der Waals surface area contributed by atoms with E-state index in [0.717, 1.165) is 0 Å². The van der Waals surface area contributed by atoms with Crippen LogP contribution in [0.4, 0.5) is 9.18 Å². The van der Waals surface area contributed by atoms with Crippen molar-refractivity contribution in [2.45, 2.75) is 0 Å². The van der Waals surface area contributed by atoms with Crippen molar-refractivity contribution in [1.82, 2.24) is 0 Å². The standard InChI is InChI=1S/CHFO2S/c2-1(3)4-5/h5H. The van der Waals surface area contributed by atoms with Gasteiger partial charge in [-0.15, -0.1) is 4.39 Å². The van der Waals surface area contributed by atoms with Gasteiger partial charge in [0.25, 0.3) is 0 Å². The summed E-state index contributed by atoms with van der Waals surface area (Å²) < 4.78 is 13.6. The molecule has 4 heteroatoms. The van der Waals surface area contributed by atoms with E-state index in [4.69, 9.17) is 4.79 Å². The molecule has 2 nitrogen and oxygen atoms in total. The lowest BCUT2D eigenvalue weighted by Gasteiger charge is -1.72. The molecule has 0 saturated heterocycles. The van der Waals surface area contributed by atoms with Gasteiger partial charge >= 0.3 is 6.22 Å². The average molecular weight is 96.1 g/mol. The first-order valence-corrected chi connectivity index (χ1v) is 1.14. The number of carbonyl (C=O) groups excluding carboxylic acids is 1. The number of rotatable bonds is 0. The molecule has 0 aliphatic carbocycles. The minimum absolute atomic E-state index is 1.88. The molecule has 0 aliphatic heterocycles. The number of halogens is 1. The van der Waals surface area contributed by atoms with Gasteiger partial charge in [0.1, 0.15) is 0 Å². The maximum atomic E-state index is 10.5. The van der Waals surface area contributed by atoms with Gasteiger partial charge in [-0.2, -0.15) is 0 Å². The van der Waals surface area contributed by atoms with E-state index in [1.54, 1.807) is 0 Å². The minimum Gasteiger partial charge on any atom is -0.369 e. The maximum absolute atomic E-state index is 10.5. The molecule has 0 heterocycles. The van der Waals surface area contributed by atoms with Crippen LogP contribution in [0.5, 0.6) is 0 Å². The quantitative estimate of drug-likeness (QED) is 0.276. The van der Waals surface area contributed by atoms with Crippen molar-refractivity contribution in [2.24, 2.45) is 0 Å². The second kappa shape index (κ2) is 2.02. The third-order valence-corrected chi connectivity index (χ3v) is 0.215. The van der Waals surface area contributed by atoms with Crippen LogP contribution >= 0.6 is 12.9 Å². The summed E-state index contributed by atoms with van der Waals surface area (Å²) in [5.41, 5.74) is 0. The van der Waals surface area contributed by atoms with Crippen LogP contribution in [-0.2, 0) is 4.18 Å². The van der Waals surface area contributed by atoms with Crippen molar-refractivity contribution >= 4 is 19.1 Å². The summed E-state index contributed by atoms with van der Waals surface area (Å²) in [4.78, 5) is 8.85. The fraction of sp³-hybridized carbons (Fsp3) is 0. The smallest absolute Gasteiger partial charge is 0.369 e. The Kier molecular flexibility index (Phi) is 1.92. The van der Waals surface area contributed by atoms with Gasteiger partial charge in [0, 0.05) is 12.9 Å². The van der Waals surface area contributed by atoms with E-state index in [1.165, 1.54) is 0 Å². The van der Waals surface area contributed by atoms with Gasteiger partial charge < -0.3 is 4.18 Å². The van der Waals surface area contributed by atoms with Crippen molar-refractivity contribution in [3.63, 3.8) is 0 Å². The monoisotopic (exact) mass is 96.0 g/mol. The lowest BCUT2D eigenvalue weighted by molar-refractivity contribution is 0.185. The molecule has 0 amide bonds. The Morgan fingerprint density at radius 2 is 2.20 bits per heavy atom. The van der Waals surface area contributed by atoms with E-state index in [1.807, 2.05) is 0 Å². The topological polar surface area (TPSA) is 26.3 Å². The van der Waals surface area contributed by atoms with Crippen molar-refractivity contribution in [2.75, 3.05) is 0 Å². The Morgan fingerprint density at radius 3 is 2.20 bits per heavy atom. The van der Waals surface area contributed by atoms with Crippen LogP contribution in [0.3, 0.4) is 0 Å². The summed E-state index contributed by atoms with van der Waals surface area (Å²) >= 11 is 2.79. The van der Waals surface area contributed by atoms with E-state index in [2.05, 4.69) is 17.1 Å². The first kappa shape index (κ1) is 4.75. The zero-order valence-electron chi connectivity index (χ0n) is 2.14. The molecule has 0 unspecified atom stereocenters. The Balaban J connectivity index is 2.85. The highest BCUT2D eigenvalue weighted by Crippen LogP contribution is 1.81. The molecule has 0 aromatic heterocycles. The molecular formula is CHFO2S. The molecule has 0 bridgehead atoms. The number of hydrogen-bond acceptors (Lipinski definition) is 3. The molecule has 0 aromatic rings. The summed E-state index contributed by atoms with van der Waals surface area (Å²) in [6.07, 6.45) is -1.88. The Labute approximate surface area is 33.5 Å². The summed E-state index contributed by atoms with van der Waals surface area (Å²) in [7, 11) is 0. The van der Waals surface area contributed by atoms with Gasteiger partial charge in [-0.05, 0) is 0 Å². The zero-order valence-corrected chi connectivity index (χ0v) is 3.04. The molecule has 5 heavy (non-hydrogen) atoms. The number of hydrogen-bond donors (Lipinski definition) is 1. The normalized spacial score (nSPS) is 6.80. The molecule has 0 atom stereocenters. The van der Waals surface area contributed by atoms with Gasteiger partial charge in [0.05, 0.1) is 0 Å². The third-order valence-electron chi connectivity index (χ3n) is 0.0718. The fourth-order valence-corrected chi connectivity index (χ4v) is 0. The van der Waals surface area contributed by atoms with E-state index in [0.29, 0.717) is 0 Å². The summed E-state index contributed by atoms with van der Waals surface area (Å²) in [6.45, 7) is 0. The molecule has 0 radical (unpaired) electrons. The molecule has 0 aliphatic rings. The first-order valence-electron chi connectivity index (χ1n) is 0.780. The minimum atomic E-state index is -1.88. The lowest BCUT2D eigenvalue weighted by Crippen LogP contribution is -1.75. The second-order valence-corrected chi connectivity index (χ2v) is 0.511. The predicted molar refractivity (Wildman–Crippen MR) is 16.6 cm³/mol. The molecule has 0 fully saturated rings. The van der Waals surface area contributed by atoms with Crippen LogP contribution in [0.2, 0.25) is 0 Å². The highest BCUT2D eigenvalue weighted by Gasteiger charge is 1.86. The Bertz CT molecular complexity index is 44.9. The molecule has 0 aromatic carbocycles.